The third-order valence-corrected chi connectivity index (χ3v) is 2.80. The van der Waals surface area contributed by atoms with Gasteiger partial charge in [0.1, 0.15) is 0 Å². The lowest BCUT2D eigenvalue weighted by Gasteiger charge is -1.98. The first-order valence-corrected chi connectivity index (χ1v) is 5.42. The van der Waals surface area contributed by atoms with Crippen LogP contribution in [0.1, 0.15) is 0 Å². The molecule has 0 amide bonds. The fourth-order valence-electron chi connectivity index (χ4n) is 1.91. The first-order chi connectivity index (χ1) is 8.75. The molecule has 0 unspecified atom stereocenters. The van der Waals surface area contributed by atoms with E-state index in [4.69, 9.17) is 0 Å². The molecule has 0 atom stereocenters. The van der Waals surface area contributed by atoms with Crippen LogP contribution in [-0.2, 0) is 0 Å². The summed E-state index contributed by atoms with van der Waals surface area (Å²) in [6.45, 7) is 0. The number of fused-ring (bicyclic) bond motifs is 1. The van der Waals surface area contributed by atoms with Crippen molar-refractivity contribution in [1.29, 1.82) is 0 Å². The normalized spacial score (nSPS) is 10.1. The van der Waals surface area contributed by atoms with Crippen LogP contribution in [0.25, 0.3) is 16.8 Å². The third-order valence-electron chi connectivity index (χ3n) is 2.80. The minimum Gasteiger partial charge on any atom is -1.00 e. The number of imidazole rings is 1. The number of nitrogens with zero attached hydrogens (tertiary/aromatic N) is 3. The Hall–Kier alpha value is -2.21. The fraction of sp³-hybridized carbons (Fsp3) is 0. The van der Waals surface area contributed by atoms with Crippen molar-refractivity contribution < 1.29 is 21.9 Å². The van der Waals surface area contributed by atoms with Crippen molar-refractivity contribution >= 4 is 11.2 Å². The Morgan fingerprint density at radius 2 is 1.84 bits per heavy atom. The molecular weight excluding hydrogens is 310 g/mol. The molecule has 0 aliphatic carbocycles. The summed E-state index contributed by atoms with van der Waals surface area (Å²) < 4.78 is 1.91. The summed E-state index contributed by atoms with van der Waals surface area (Å²) >= 11 is 0. The molecule has 1 aromatic carbocycles. The highest BCUT2D eigenvalue weighted by Crippen LogP contribution is 2.24. The van der Waals surface area contributed by atoms with Gasteiger partial charge in [-0.3, -0.25) is 10.1 Å². The molecule has 0 saturated heterocycles. The number of nitro groups is 1. The molecule has 0 aliphatic rings. The highest BCUT2D eigenvalue weighted by atomic mass is 79.9. The van der Waals surface area contributed by atoms with Gasteiger partial charge in [-0.15, -0.1) is 0 Å². The van der Waals surface area contributed by atoms with Crippen molar-refractivity contribution in [3.8, 4) is 11.3 Å². The van der Waals surface area contributed by atoms with E-state index in [9.17, 15) is 10.1 Å². The number of hydrogen-bond acceptors (Lipinski definition) is 3. The van der Waals surface area contributed by atoms with Gasteiger partial charge in [-0.05, 0) is 24.3 Å². The first-order valence-electron chi connectivity index (χ1n) is 5.42. The molecule has 3 rings (SSSR count). The molecule has 0 N–H and O–H groups in total. The SMILES string of the molecule is O=[N+]([O-])c1ccc(-c2ncn3ccccc23)cc1.[Br-]. The zero-order chi connectivity index (χ0) is 12.5. The second kappa shape index (κ2) is 5.19. The van der Waals surface area contributed by atoms with E-state index in [0.29, 0.717) is 0 Å². The standard InChI is InChI=1S/C13H9N3O2.BrH/c17-16(18)11-6-4-10(5-7-11)13-12-3-1-2-8-15(12)9-14-13;/h1-9H;1H/p-1. The topological polar surface area (TPSA) is 60.4 Å². The molecule has 0 spiro atoms. The van der Waals surface area contributed by atoms with Crippen molar-refractivity contribution in [3.05, 3.63) is 65.1 Å². The van der Waals surface area contributed by atoms with Gasteiger partial charge in [-0.25, -0.2) is 4.98 Å². The predicted octanol–water partition coefficient (Wildman–Crippen LogP) is -0.0865. The highest BCUT2D eigenvalue weighted by Gasteiger charge is 2.09. The van der Waals surface area contributed by atoms with E-state index in [1.165, 1.54) is 12.1 Å². The number of pyridine rings is 1. The van der Waals surface area contributed by atoms with Crippen molar-refractivity contribution in [2.24, 2.45) is 0 Å². The molecule has 96 valence electrons. The summed E-state index contributed by atoms with van der Waals surface area (Å²) in [4.78, 5) is 14.5. The average Bonchev–Trinajstić information content (AvgIpc) is 2.82. The van der Waals surface area contributed by atoms with Crippen LogP contribution in [-0.4, -0.2) is 14.3 Å². The van der Waals surface area contributed by atoms with Crippen molar-refractivity contribution in [2.75, 3.05) is 0 Å². The second-order valence-electron chi connectivity index (χ2n) is 3.89. The molecule has 0 radical (unpaired) electrons. The fourth-order valence-corrected chi connectivity index (χ4v) is 1.91. The third kappa shape index (κ3) is 2.34. The maximum atomic E-state index is 10.6. The van der Waals surface area contributed by atoms with Crippen LogP contribution >= 0.6 is 0 Å². The number of benzene rings is 1. The number of halogens is 1. The van der Waals surface area contributed by atoms with Crippen LogP contribution in [0.5, 0.6) is 0 Å². The maximum absolute atomic E-state index is 10.6. The quantitative estimate of drug-likeness (QED) is 0.490. The Bertz CT molecular complexity index is 722. The van der Waals surface area contributed by atoms with E-state index in [0.717, 1.165) is 16.8 Å². The lowest BCUT2D eigenvalue weighted by Crippen LogP contribution is -3.00. The van der Waals surface area contributed by atoms with Crippen LogP contribution < -0.4 is 17.0 Å². The number of hydrogen-bond donors (Lipinski definition) is 0. The maximum Gasteiger partial charge on any atom is 0.269 e. The Balaban J connectivity index is 0.00000133. The highest BCUT2D eigenvalue weighted by molar-refractivity contribution is 5.77. The van der Waals surface area contributed by atoms with Gasteiger partial charge in [0, 0.05) is 23.9 Å². The van der Waals surface area contributed by atoms with E-state index in [2.05, 4.69) is 4.98 Å². The second-order valence-corrected chi connectivity index (χ2v) is 3.89. The van der Waals surface area contributed by atoms with Gasteiger partial charge in [0.15, 0.2) is 0 Å². The van der Waals surface area contributed by atoms with Gasteiger partial charge in [0.2, 0.25) is 0 Å². The molecule has 2 aromatic heterocycles. The van der Waals surface area contributed by atoms with Gasteiger partial charge in [-0.1, -0.05) is 6.07 Å². The van der Waals surface area contributed by atoms with Crippen molar-refractivity contribution in [1.82, 2.24) is 9.38 Å². The van der Waals surface area contributed by atoms with Crippen molar-refractivity contribution in [3.63, 3.8) is 0 Å². The number of rotatable bonds is 2. The van der Waals surface area contributed by atoms with Gasteiger partial charge in [0.25, 0.3) is 5.69 Å². The summed E-state index contributed by atoms with van der Waals surface area (Å²) in [7, 11) is 0. The van der Waals surface area contributed by atoms with Crippen molar-refractivity contribution in [2.45, 2.75) is 0 Å². The van der Waals surface area contributed by atoms with E-state index >= 15 is 0 Å². The molecule has 3 aromatic rings. The van der Waals surface area contributed by atoms with Crippen LogP contribution in [0.2, 0.25) is 0 Å². The molecule has 5 nitrogen and oxygen atoms in total. The smallest absolute Gasteiger partial charge is 0.269 e. The van der Waals surface area contributed by atoms with Crippen LogP contribution in [0.15, 0.2) is 55.0 Å². The van der Waals surface area contributed by atoms with E-state index in [-0.39, 0.29) is 22.7 Å². The Kier molecular flexibility index (Phi) is 3.62. The molecule has 0 bridgehead atoms. The lowest BCUT2D eigenvalue weighted by atomic mass is 10.1. The molecule has 19 heavy (non-hydrogen) atoms. The Labute approximate surface area is 119 Å². The zero-order valence-electron chi connectivity index (χ0n) is 9.73. The van der Waals surface area contributed by atoms with Gasteiger partial charge >= 0.3 is 0 Å². The van der Waals surface area contributed by atoms with E-state index < -0.39 is 4.92 Å². The average molecular weight is 319 g/mol. The lowest BCUT2D eigenvalue weighted by molar-refractivity contribution is -0.384. The minimum absolute atomic E-state index is 0. The number of aromatic nitrogens is 2. The van der Waals surface area contributed by atoms with Crippen LogP contribution in [0.4, 0.5) is 5.69 Å². The summed E-state index contributed by atoms with van der Waals surface area (Å²) in [6, 6.07) is 12.2. The predicted molar refractivity (Wildman–Crippen MR) is 67.3 cm³/mol. The zero-order valence-corrected chi connectivity index (χ0v) is 11.3. The summed E-state index contributed by atoms with van der Waals surface area (Å²) in [5.41, 5.74) is 2.76. The Morgan fingerprint density at radius 3 is 2.53 bits per heavy atom. The van der Waals surface area contributed by atoms with Crippen LogP contribution in [0.3, 0.4) is 0 Å². The molecule has 2 heterocycles. The van der Waals surface area contributed by atoms with Gasteiger partial charge < -0.3 is 21.4 Å². The monoisotopic (exact) mass is 318 g/mol. The molecule has 0 aliphatic heterocycles. The summed E-state index contributed by atoms with van der Waals surface area (Å²) in [6.07, 6.45) is 3.64. The molecular formula is C13H9BrN3O2-. The largest absolute Gasteiger partial charge is 1.00 e. The number of non-ortho nitro benzene ring substituents is 1. The molecule has 0 saturated carbocycles. The van der Waals surface area contributed by atoms with E-state index in [1.54, 1.807) is 18.5 Å². The summed E-state index contributed by atoms with van der Waals surface area (Å²) in [5, 5.41) is 10.6. The van der Waals surface area contributed by atoms with Gasteiger partial charge in [-0.2, -0.15) is 0 Å². The number of nitro benzene ring substituents is 1. The molecule has 6 heteroatoms. The van der Waals surface area contributed by atoms with E-state index in [1.807, 2.05) is 28.8 Å². The first kappa shape index (κ1) is 13.2. The van der Waals surface area contributed by atoms with Gasteiger partial charge in [0.05, 0.1) is 22.5 Å². The van der Waals surface area contributed by atoms with Crippen LogP contribution in [0, 0.1) is 10.1 Å². The minimum atomic E-state index is -0.408. The molecule has 0 fully saturated rings. The summed E-state index contributed by atoms with van der Waals surface area (Å²) in [5.74, 6) is 0. The Morgan fingerprint density at radius 1 is 1.11 bits per heavy atom.